The Bertz CT molecular complexity index is 1420. The molecule has 1 aliphatic carbocycles. The van der Waals surface area contributed by atoms with Gasteiger partial charge < -0.3 is 4.57 Å². The summed E-state index contributed by atoms with van der Waals surface area (Å²) in [5.41, 5.74) is 7.61. The molecule has 6 rings (SSSR count). The van der Waals surface area contributed by atoms with Crippen LogP contribution in [0.3, 0.4) is 0 Å². The molecule has 0 unspecified atom stereocenters. The van der Waals surface area contributed by atoms with Crippen molar-refractivity contribution in [3.05, 3.63) is 78.0 Å². The molecule has 2 heteroatoms. The molecule has 30 heavy (non-hydrogen) atoms. The Morgan fingerprint density at radius 1 is 0.867 bits per heavy atom. The van der Waals surface area contributed by atoms with Gasteiger partial charge in [-0.15, -0.1) is 0 Å². The Balaban J connectivity index is 1.64. The van der Waals surface area contributed by atoms with Gasteiger partial charge in [-0.3, -0.25) is 4.98 Å². The predicted octanol–water partition coefficient (Wildman–Crippen LogP) is 7.51. The molecule has 2 aromatic heterocycles. The zero-order valence-electron chi connectivity index (χ0n) is 17.7. The van der Waals surface area contributed by atoms with Gasteiger partial charge in [0.2, 0.25) is 0 Å². The van der Waals surface area contributed by atoms with E-state index in [4.69, 9.17) is 4.98 Å². The van der Waals surface area contributed by atoms with E-state index in [0.717, 1.165) is 11.6 Å². The Hall–Kier alpha value is -3.13. The average Bonchev–Trinajstić information content (AvgIpc) is 3.40. The highest BCUT2D eigenvalue weighted by molar-refractivity contribution is 6.14. The Morgan fingerprint density at radius 3 is 2.57 bits per heavy atom. The van der Waals surface area contributed by atoms with Gasteiger partial charge in [-0.05, 0) is 66.5 Å². The van der Waals surface area contributed by atoms with Crippen LogP contribution in [0.2, 0.25) is 0 Å². The van der Waals surface area contributed by atoms with E-state index in [9.17, 15) is 0 Å². The number of pyridine rings is 1. The van der Waals surface area contributed by atoms with Crippen molar-refractivity contribution in [2.45, 2.75) is 38.5 Å². The van der Waals surface area contributed by atoms with Gasteiger partial charge in [-0.1, -0.05) is 49.2 Å². The van der Waals surface area contributed by atoms with E-state index >= 15 is 0 Å². The minimum absolute atomic E-state index is 0.731. The Labute approximate surface area is 177 Å². The highest BCUT2D eigenvalue weighted by Crippen LogP contribution is 2.40. The number of fused-ring (bicyclic) bond motifs is 4. The number of aromatic nitrogens is 2. The fourth-order valence-corrected chi connectivity index (χ4v) is 5.56. The second kappa shape index (κ2) is 6.70. The third-order valence-electron chi connectivity index (χ3n) is 7.02. The maximum Gasteiger partial charge on any atom is 0.0801 e. The smallest absolute Gasteiger partial charge is 0.0801 e. The van der Waals surface area contributed by atoms with Crippen LogP contribution in [0.25, 0.3) is 43.8 Å². The van der Waals surface area contributed by atoms with E-state index in [1.807, 2.05) is 6.20 Å². The van der Waals surface area contributed by atoms with E-state index < -0.39 is 0 Å². The maximum atomic E-state index is 4.89. The first-order valence-corrected chi connectivity index (χ1v) is 11.1. The van der Waals surface area contributed by atoms with Gasteiger partial charge in [0.05, 0.1) is 11.2 Å². The fourth-order valence-electron chi connectivity index (χ4n) is 5.56. The first-order valence-electron chi connectivity index (χ1n) is 11.1. The fraction of sp³-hybridized carbons (Fsp3) is 0.250. The standard InChI is InChI=1S/C28H26N2/c1-18-15-24-23-9-5-6-10-26(23)30(2)28(24)25(16-18)27-22-12-11-20(19-7-3-4-8-19)17-21(22)13-14-29-27/h5-6,9-17,19H,3-4,7-8H2,1-2H3. The van der Waals surface area contributed by atoms with Crippen LogP contribution in [0, 0.1) is 6.92 Å². The highest BCUT2D eigenvalue weighted by atomic mass is 14.9. The number of nitrogens with zero attached hydrogens (tertiary/aromatic N) is 2. The largest absolute Gasteiger partial charge is 0.343 e. The summed E-state index contributed by atoms with van der Waals surface area (Å²) in [5.74, 6) is 0.731. The molecular formula is C28H26N2. The summed E-state index contributed by atoms with van der Waals surface area (Å²) in [6.07, 6.45) is 7.38. The minimum Gasteiger partial charge on any atom is -0.343 e. The van der Waals surface area contributed by atoms with Crippen LogP contribution in [0.5, 0.6) is 0 Å². The lowest BCUT2D eigenvalue weighted by Gasteiger charge is -2.14. The van der Waals surface area contributed by atoms with Crippen LogP contribution in [-0.2, 0) is 7.05 Å². The van der Waals surface area contributed by atoms with Crippen LogP contribution >= 0.6 is 0 Å². The van der Waals surface area contributed by atoms with Gasteiger partial charge in [0.15, 0.2) is 0 Å². The van der Waals surface area contributed by atoms with Gasteiger partial charge >= 0.3 is 0 Å². The van der Waals surface area contributed by atoms with Crippen molar-refractivity contribution in [3.63, 3.8) is 0 Å². The number of hydrogen-bond donors (Lipinski definition) is 0. The molecule has 148 valence electrons. The number of hydrogen-bond acceptors (Lipinski definition) is 1. The average molecular weight is 391 g/mol. The molecule has 2 heterocycles. The molecule has 1 saturated carbocycles. The van der Waals surface area contributed by atoms with Crippen molar-refractivity contribution in [2.24, 2.45) is 7.05 Å². The Morgan fingerprint density at radius 2 is 1.70 bits per heavy atom. The summed E-state index contributed by atoms with van der Waals surface area (Å²) < 4.78 is 2.33. The molecule has 0 aliphatic heterocycles. The molecule has 1 fully saturated rings. The predicted molar refractivity (Wildman–Crippen MR) is 127 cm³/mol. The topological polar surface area (TPSA) is 17.8 Å². The summed E-state index contributed by atoms with van der Waals surface area (Å²) in [6.45, 7) is 2.19. The Kier molecular flexibility index (Phi) is 3.95. The first kappa shape index (κ1) is 17.7. The van der Waals surface area contributed by atoms with Crippen LogP contribution in [0.15, 0.2) is 66.9 Å². The summed E-state index contributed by atoms with van der Waals surface area (Å²) >= 11 is 0. The van der Waals surface area contributed by atoms with Gasteiger partial charge in [-0.2, -0.15) is 0 Å². The second-order valence-electron chi connectivity index (χ2n) is 8.91. The van der Waals surface area contributed by atoms with Crippen LogP contribution in [0.1, 0.15) is 42.7 Å². The molecule has 0 N–H and O–H groups in total. The lowest BCUT2D eigenvalue weighted by atomic mass is 9.93. The third-order valence-corrected chi connectivity index (χ3v) is 7.02. The van der Waals surface area contributed by atoms with E-state index in [2.05, 4.69) is 79.2 Å². The van der Waals surface area contributed by atoms with Crippen molar-refractivity contribution in [3.8, 4) is 11.3 Å². The monoisotopic (exact) mass is 390 g/mol. The third kappa shape index (κ3) is 2.60. The highest BCUT2D eigenvalue weighted by Gasteiger charge is 2.19. The van der Waals surface area contributed by atoms with Crippen molar-refractivity contribution < 1.29 is 0 Å². The molecule has 2 nitrogen and oxygen atoms in total. The van der Waals surface area contributed by atoms with E-state index in [-0.39, 0.29) is 0 Å². The second-order valence-corrected chi connectivity index (χ2v) is 8.91. The summed E-state index contributed by atoms with van der Waals surface area (Å²) in [4.78, 5) is 4.89. The van der Waals surface area contributed by atoms with Crippen LogP contribution < -0.4 is 0 Å². The minimum atomic E-state index is 0.731. The van der Waals surface area contributed by atoms with Gasteiger partial charge in [0.25, 0.3) is 0 Å². The summed E-state index contributed by atoms with van der Waals surface area (Å²) in [5, 5.41) is 5.17. The maximum absolute atomic E-state index is 4.89. The number of aryl methyl sites for hydroxylation is 2. The van der Waals surface area contributed by atoms with Crippen molar-refractivity contribution in [2.75, 3.05) is 0 Å². The summed E-state index contributed by atoms with van der Waals surface area (Å²) in [6, 6.07) is 22.5. The first-order chi connectivity index (χ1) is 14.7. The molecule has 3 aromatic carbocycles. The van der Waals surface area contributed by atoms with Crippen molar-refractivity contribution in [1.82, 2.24) is 9.55 Å². The zero-order valence-corrected chi connectivity index (χ0v) is 17.7. The molecule has 5 aromatic rings. The molecule has 0 spiro atoms. The van der Waals surface area contributed by atoms with Gasteiger partial charge in [0.1, 0.15) is 0 Å². The molecule has 1 aliphatic rings. The number of rotatable bonds is 2. The number of para-hydroxylation sites is 1. The van der Waals surface area contributed by atoms with Gasteiger partial charge in [-0.25, -0.2) is 0 Å². The van der Waals surface area contributed by atoms with E-state index in [1.165, 1.54) is 75.0 Å². The summed E-state index contributed by atoms with van der Waals surface area (Å²) in [7, 11) is 2.17. The zero-order chi connectivity index (χ0) is 20.2. The quantitative estimate of drug-likeness (QED) is 0.305. The van der Waals surface area contributed by atoms with Crippen molar-refractivity contribution in [1.29, 1.82) is 0 Å². The normalized spacial score (nSPS) is 15.0. The molecule has 0 bridgehead atoms. The molecule has 0 saturated heterocycles. The molecule has 0 atom stereocenters. The molecule has 0 radical (unpaired) electrons. The lowest BCUT2D eigenvalue weighted by molar-refractivity contribution is 0.724. The van der Waals surface area contributed by atoms with E-state index in [0.29, 0.717) is 0 Å². The van der Waals surface area contributed by atoms with Crippen LogP contribution in [0.4, 0.5) is 0 Å². The molecule has 0 amide bonds. The molecular weight excluding hydrogens is 364 g/mol. The van der Waals surface area contributed by atoms with Crippen LogP contribution in [-0.4, -0.2) is 9.55 Å². The lowest BCUT2D eigenvalue weighted by Crippen LogP contribution is -1.95. The van der Waals surface area contributed by atoms with Gasteiger partial charge in [0, 0.05) is 40.5 Å². The number of benzene rings is 3. The SMILES string of the molecule is Cc1cc(-c2nccc3cc(C4CCCC4)ccc23)c2c(c1)c1ccccc1n2C. The van der Waals surface area contributed by atoms with E-state index in [1.54, 1.807) is 0 Å². The van der Waals surface area contributed by atoms with Crippen molar-refractivity contribution >= 4 is 32.6 Å².